The van der Waals surface area contributed by atoms with Crippen molar-refractivity contribution in [3.8, 4) is 0 Å². The molecular formula is C11H14ClN3O3. The number of benzene rings is 1. The number of carbonyl (C=O) groups is 2. The number of nitrogens with zero attached hydrogens (tertiary/aromatic N) is 1. The van der Waals surface area contributed by atoms with Crippen LogP contribution in [0.1, 0.15) is 12.5 Å². The largest absolute Gasteiger partial charge is 0.480 e. The number of amides is 1. The van der Waals surface area contributed by atoms with Crippen molar-refractivity contribution in [2.75, 3.05) is 11.4 Å². The van der Waals surface area contributed by atoms with Crippen LogP contribution in [0.15, 0.2) is 24.3 Å². The van der Waals surface area contributed by atoms with Crippen molar-refractivity contribution >= 4 is 35.8 Å². The first-order valence-electron chi connectivity index (χ1n) is 4.86. The zero-order valence-corrected chi connectivity index (χ0v) is 10.5. The van der Waals surface area contributed by atoms with Crippen molar-refractivity contribution in [1.29, 1.82) is 5.41 Å². The van der Waals surface area contributed by atoms with Crippen LogP contribution in [0, 0.1) is 5.41 Å². The average Bonchev–Trinajstić information content (AvgIpc) is 2.25. The molecular weight excluding hydrogens is 258 g/mol. The van der Waals surface area contributed by atoms with Gasteiger partial charge in [-0.15, -0.1) is 12.4 Å². The van der Waals surface area contributed by atoms with Gasteiger partial charge in [0, 0.05) is 18.2 Å². The predicted molar refractivity (Wildman–Crippen MR) is 70.4 cm³/mol. The summed E-state index contributed by atoms with van der Waals surface area (Å²) in [5, 5.41) is 16.0. The van der Waals surface area contributed by atoms with Gasteiger partial charge in [-0.05, 0) is 12.1 Å². The van der Waals surface area contributed by atoms with Gasteiger partial charge < -0.3 is 15.7 Å². The third kappa shape index (κ3) is 4.06. The first kappa shape index (κ1) is 15.9. The minimum absolute atomic E-state index is 0. The Bertz CT molecular complexity index is 476. The molecule has 0 saturated heterocycles. The highest BCUT2D eigenvalue weighted by Gasteiger charge is 2.15. The van der Waals surface area contributed by atoms with E-state index in [2.05, 4.69) is 0 Å². The third-order valence-electron chi connectivity index (χ3n) is 2.14. The molecule has 0 heterocycles. The first-order chi connectivity index (χ1) is 7.91. The van der Waals surface area contributed by atoms with Crippen LogP contribution in [0.4, 0.5) is 5.69 Å². The quantitative estimate of drug-likeness (QED) is 0.557. The molecule has 0 fully saturated rings. The van der Waals surface area contributed by atoms with Crippen LogP contribution < -0.4 is 10.6 Å². The van der Waals surface area contributed by atoms with E-state index in [4.69, 9.17) is 16.2 Å². The highest BCUT2D eigenvalue weighted by atomic mass is 35.5. The molecule has 4 N–H and O–H groups in total. The number of nitrogens with one attached hydrogen (secondary N) is 1. The highest BCUT2D eigenvalue weighted by molar-refractivity contribution is 5.99. The number of hydrogen-bond acceptors (Lipinski definition) is 3. The Balaban J connectivity index is 0.00000289. The normalized spacial score (nSPS) is 9.17. The number of anilines is 1. The number of halogens is 1. The summed E-state index contributed by atoms with van der Waals surface area (Å²) in [5.74, 6) is -1.62. The summed E-state index contributed by atoms with van der Waals surface area (Å²) in [6.45, 7) is 0.861. The molecule has 1 aromatic carbocycles. The Hall–Kier alpha value is -2.08. The van der Waals surface area contributed by atoms with Crippen LogP contribution >= 0.6 is 12.4 Å². The standard InChI is InChI=1S/C11H13N3O3.ClH/c1-7(15)14(6-10(16)17)9-4-2-3-8(5-9)11(12)13;/h2-5H,6H2,1H3,(H3,12,13)(H,16,17);1H. The molecule has 7 heteroatoms. The lowest BCUT2D eigenvalue weighted by Crippen LogP contribution is -2.34. The maximum Gasteiger partial charge on any atom is 0.323 e. The summed E-state index contributed by atoms with van der Waals surface area (Å²) < 4.78 is 0. The van der Waals surface area contributed by atoms with E-state index in [1.807, 2.05) is 0 Å². The van der Waals surface area contributed by atoms with Crippen molar-refractivity contribution in [2.24, 2.45) is 5.73 Å². The summed E-state index contributed by atoms with van der Waals surface area (Å²) in [4.78, 5) is 23.1. The number of amidine groups is 1. The number of aliphatic carboxylic acids is 1. The third-order valence-corrected chi connectivity index (χ3v) is 2.14. The number of carboxylic acids is 1. The maximum absolute atomic E-state index is 11.3. The molecule has 0 aliphatic rings. The van der Waals surface area contributed by atoms with Crippen LogP contribution in [0.25, 0.3) is 0 Å². The number of carboxylic acid groups (broad SMARTS) is 1. The Morgan fingerprint density at radius 2 is 2.06 bits per heavy atom. The fraction of sp³-hybridized carbons (Fsp3) is 0.182. The van der Waals surface area contributed by atoms with E-state index in [0.29, 0.717) is 11.3 Å². The molecule has 0 aliphatic carbocycles. The van der Waals surface area contributed by atoms with Gasteiger partial charge in [0.15, 0.2) is 0 Å². The van der Waals surface area contributed by atoms with Crippen molar-refractivity contribution in [3.05, 3.63) is 29.8 Å². The molecule has 1 amide bonds. The molecule has 0 atom stereocenters. The summed E-state index contributed by atoms with van der Waals surface area (Å²) in [6.07, 6.45) is 0. The van der Waals surface area contributed by atoms with Gasteiger partial charge >= 0.3 is 5.97 Å². The average molecular weight is 272 g/mol. The SMILES string of the molecule is CC(=O)N(CC(=O)O)c1cccc(C(=N)N)c1.Cl. The van der Waals surface area contributed by atoms with Gasteiger partial charge in [0.05, 0.1) is 0 Å². The molecule has 0 spiro atoms. The second-order valence-corrected chi connectivity index (χ2v) is 3.46. The van der Waals surface area contributed by atoms with Gasteiger partial charge in [-0.2, -0.15) is 0 Å². The minimum atomic E-state index is -1.10. The number of nitrogens with two attached hydrogens (primary N) is 1. The fourth-order valence-corrected chi connectivity index (χ4v) is 1.36. The lowest BCUT2D eigenvalue weighted by molar-refractivity contribution is -0.136. The van der Waals surface area contributed by atoms with Crippen molar-refractivity contribution in [2.45, 2.75) is 6.92 Å². The molecule has 0 saturated carbocycles. The zero-order valence-electron chi connectivity index (χ0n) is 9.71. The van der Waals surface area contributed by atoms with Crippen molar-refractivity contribution in [1.82, 2.24) is 0 Å². The summed E-state index contributed by atoms with van der Waals surface area (Å²) in [6, 6.07) is 6.33. The molecule has 0 bridgehead atoms. The van der Waals surface area contributed by atoms with Crippen LogP contribution in [-0.2, 0) is 9.59 Å². The van der Waals surface area contributed by atoms with Gasteiger partial charge in [0.25, 0.3) is 0 Å². The Morgan fingerprint density at radius 3 is 2.50 bits per heavy atom. The maximum atomic E-state index is 11.3. The van der Waals surface area contributed by atoms with Crippen molar-refractivity contribution < 1.29 is 14.7 Å². The van der Waals surface area contributed by atoms with Crippen LogP contribution in [0.2, 0.25) is 0 Å². The number of hydrogen-bond donors (Lipinski definition) is 3. The lowest BCUT2D eigenvalue weighted by atomic mass is 10.1. The van der Waals surface area contributed by atoms with E-state index >= 15 is 0 Å². The summed E-state index contributed by atoms with van der Waals surface area (Å²) in [7, 11) is 0. The molecule has 1 rings (SSSR count). The monoisotopic (exact) mass is 271 g/mol. The lowest BCUT2D eigenvalue weighted by Gasteiger charge is -2.19. The molecule has 0 aromatic heterocycles. The molecule has 18 heavy (non-hydrogen) atoms. The topological polar surface area (TPSA) is 107 Å². The van der Waals surface area contributed by atoms with Gasteiger partial charge in [0.1, 0.15) is 12.4 Å². The van der Waals surface area contributed by atoms with Crippen molar-refractivity contribution in [3.63, 3.8) is 0 Å². The summed E-state index contributed by atoms with van der Waals surface area (Å²) >= 11 is 0. The Labute approximate surface area is 110 Å². The fourth-order valence-electron chi connectivity index (χ4n) is 1.36. The second kappa shape index (κ2) is 6.61. The molecule has 0 aliphatic heterocycles. The molecule has 1 aromatic rings. The molecule has 98 valence electrons. The smallest absolute Gasteiger partial charge is 0.323 e. The zero-order chi connectivity index (χ0) is 13.0. The van der Waals surface area contributed by atoms with E-state index in [1.54, 1.807) is 18.2 Å². The van der Waals surface area contributed by atoms with E-state index in [9.17, 15) is 9.59 Å². The number of rotatable bonds is 4. The van der Waals surface area contributed by atoms with E-state index in [1.165, 1.54) is 13.0 Å². The van der Waals surface area contributed by atoms with Crippen LogP contribution in [-0.4, -0.2) is 29.4 Å². The first-order valence-corrected chi connectivity index (χ1v) is 4.86. The number of nitrogen functional groups attached to an aromatic ring is 1. The molecule has 0 radical (unpaired) electrons. The van der Waals surface area contributed by atoms with Crippen LogP contribution in [0.5, 0.6) is 0 Å². The Morgan fingerprint density at radius 1 is 1.44 bits per heavy atom. The Kier molecular flexibility index (Phi) is 5.84. The second-order valence-electron chi connectivity index (χ2n) is 3.46. The van der Waals surface area contributed by atoms with Gasteiger partial charge in [-0.3, -0.25) is 15.0 Å². The number of carbonyl (C=O) groups excluding carboxylic acids is 1. The van der Waals surface area contributed by atoms with E-state index < -0.39 is 12.5 Å². The molecule has 0 unspecified atom stereocenters. The summed E-state index contributed by atoms with van der Waals surface area (Å²) in [5.41, 5.74) is 6.18. The van der Waals surface area contributed by atoms with Gasteiger partial charge in [-0.25, -0.2) is 0 Å². The van der Waals surface area contributed by atoms with Gasteiger partial charge in [-0.1, -0.05) is 12.1 Å². The minimum Gasteiger partial charge on any atom is -0.480 e. The van der Waals surface area contributed by atoms with E-state index in [0.717, 1.165) is 4.90 Å². The van der Waals surface area contributed by atoms with E-state index in [-0.39, 0.29) is 24.1 Å². The van der Waals surface area contributed by atoms with Crippen LogP contribution in [0.3, 0.4) is 0 Å². The highest BCUT2D eigenvalue weighted by Crippen LogP contribution is 2.16. The molecule has 6 nitrogen and oxygen atoms in total. The predicted octanol–water partition coefficient (Wildman–Crippen LogP) is 0.830. The van der Waals surface area contributed by atoms with Gasteiger partial charge in [0.2, 0.25) is 5.91 Å².